The molecule has 9 heteroatoms. The molecule has 0 spiro atoms. The van der Waals surface area contributed by atoms with E-state index in [4.69, 9.17) is 17.3 Å². The topological polar surface area (TPSA) is 102 Å². The van der Waals surface area contributed by atoms with E-state index in [2.05, 4.69) is 15.3 Å². The molecule has 0 aliphatic heterocycles. The summed E-state index contributed by atoms with van der Waals surface area (Å²) in [6.45, 7) is 0.283. The molecule has 0 aliphatic carbocycles. The Bertz CT molecular complexity index is 1170. The number of rotatable bonds is 5. The van der Waals surface area contributed by atoms with Crippen LogP contribution in [-0.4, -0.2) is 26.2 Å². The van der Waals surface area contributed by atoms with Crippen LogP contribution in [-0.2, 0) is 6.54 Å². The summed E-state index contributed by atoms with van der Waals surface area (Å²) in [6, 6.07) is 8.62. The Morgan fingerprint density at radius 1 is 1.25 bits per heavy atom. The SMILES string of the molecule is NC(=O)c1c(-c2ccsc2)nc2c(C(=O)NCc3ccc(Cl)nc3)cccn12. The van der Waals surface area contributed by atoms with Crippen molar-refractivity contribution in [2.24, 2.45) is 5.73 Å². The van der Waals surface area contributed by atoms with Crippen LogP contribution < -0.4 is 11.1 Å². The Balaban J connectivity index is 1.71. The molecule has 0 bridgehead atoms. The lowest BCUT2D eigenvalue weighted by atomic mass is 10.2. The Labute approximate surface area is 168 Å². The number of amides is 2. The summed E-state index contributed by atoms with van der Waals surface area (Å²) in [6.07, 6.45) is 3.26. The molecule has 7 nitrogen and oxygen atoms in total. The van der Waals surface area contributed by atoms with Crippen molar-refractivity contribution in [2.45, 2.75) is 6.54 Å². The van der Waals surface area contributed by atoms with Crippen molar-refractivity contribution >= 4 is 40.4 Å². The molecule has 0 aromatic carbocycles. The van der Waals surface area contributed by atoms with E-state index in [1.54, 1.807) is 41.1 Å². The summed E-state index contributed by atoms with van der Waals surface area (Å²) in [5.74, 6) is -0.933. The molecule has 0 aliphatic rings. The van der Waals surface area contributed by atoms with Gasteiger partial charge in [-0.2, -0.15) is 11.3 Å². The second kappa shape index (κ2) is 7.41. The number of hydrogen-bond acceptors (Lipinski definition) is 5. The Kier molecular flexibility index (Phi) is 4.81. The predicted molar refractivity (Wildman–Crippen MR) is 107 cm³/mol. The van der Waals surface area contributed by atoms with Gasteiger partial charge in [-0.3, -0.25) is 14.0 Å². The number of hydrogen-bond donors (Lipinski definition) is 2. The van der Waals surface area contributed by atoms with Gasteiger partial charge in [0.25, 0.3) is 11.8 Å². The molecular weight excluding hydrogens is 398 g/mol. The first-order chi connectivity index (χ1) is 13.5. The van der Waals surface area contributed by atoms with Gasteiger partial charge in [0.05, 0.1) is 5.56 Å². The van der Waals surface area contributed by atoms with E-state index < -0.39 is 5.91 Å². The zero-order valence-electron chi connectivity index (χ0n) is 14.4. The molecule has 0 saturated carbocycles. The van der Waals surface area contributed by atoms with Crippen molar-refractivity contribution in [3.63, 3.8) is 0 Å². The van der Waals surface area contributed by atoms with Crippen LogP contribution in [0.3, 0.4) is 0 Å². The van der Waals surface area contributed by atoms with Crippen LogP contribution in [0.5, 0.6) is 0 Å². The summed E-state index contributed by atoms with van der Waals surface area (Å²) >= 11 is 7.26. The predicted octanol–water partition coefficient (Wildman–Crippen LogP) is 3.14. The van der Waals surface area contributed by atoms with Gasteiger partial charge in [-0.05, 0) is 35.2 Å². The van der Waals surface area contributed by atoms with Crippen molar-refractivity contribution in [1.82, 2.24) is 19.7 Å². The van der Waals surface area contributed by atoms with Crippen molar-refractivity contribution in [3.05, 3.63) is 75.5 Å². The third-order valence-electron chi connectivity index (χ3n) is 4.16. The number of pyridine rings is 2. The molecule has 0 unspecified atom stereocenters. The highest BCUT2D eigenvalue weighted by molar-refractivity contribution is 7.08. The molecule has 4 heterocycles. The average Bonchev–Trinajstić information content (AvgIpc) is 3.34. The number of nitrogens with two attached hydrogens (primary N) is 1. The van der Waals surface area contributed by atoms with Gasteiger partial charge < -0.3 is 11.1 Å². The standard InChI is InChI=1S/C19H14ClN5O2S/c20-14-4-3-11(8-22-14)9-23-19(27)13-2-1-6-25-16(17(21)26)15(24-18(13)25)12-5-7-28-10-12/h1-8,10H,9H2,(H2,21,26)(H,23,27). The Morgan fingerprint density at radius 2 is 2.11 bits per heavy atom. The van der Waals surface area contributed by atoms with Gasteiger partial charge in [0.2, 0.25) is 0 Å². The lowest BCUT2D eigenvalue weighted by Gasteiger charge is -2.07. The van der Waals surface area contributed by atoms with E-state index in [1.165, 1.54) is 11.3 Å². The smallest absolute Gasteiger partial charge is 0.268 e. The number of primary amides is 1. The van der Waals surface area contributed by atoms with Crippen LogP contribution in [0.4, 0.5) is 0 Å². The molecule has 4 aromatic heterocycles. The maximum absolute atomic E-state index is 12.8. The van der Waals surface area contributed by atoms with Crippen LogP contribution >= 0.6 is 22.9 Å². The fourth-order valence-electron chi connectivity index (χ4n) is 2.87. The summed E-state index contributed by atoms with van der Waals surface area (Å²) < 4.78 is 1.55. The molecular formula is C19H14ClN5O2S. The quantitative estimate of drug-likeness (QED) is 0.492. The molecule has 4 rings (SSSR count). The van der Waals surface area contributed by atoms with E-state index in [0.29, 0.717) is 22.1 Å². The monoisotopic (exact) mass is 411 g/mol. The highest BCUT2D eigenvalue weighted by Gasteiger charge is 2.22. The molecule has 4 aromatic rings. The summed E-state index contributed by atoms with van der Waals surface area (Å²) in [7, 11) is 0. The molecule has 140 valence electrons. The maximum atomic E-state index is 12.8. The summed E-state index contributed by atoms with van der Waals surface area (Å²) in [5, 5.41) is 6.98. The van der Waals surface area contributed by atoms with Crippen LogP contribution in [0.2, 0.25) is 5.15 Å². The summed E-state index contributed by atoms with van der Waals surface area (Å²) in [5.41, 5.74) is 8.58. The highest BCUT2D eigenvalue weighted by Crippen LogP contribution is 2.27. The molecule has 0 fully saturated rings. The molecule has 0 atom stereocenters. The number of carbonyl (C=O) groups is 2. The number of halogens is 1. The zero-order valence-corrected chi connectivity index (χ0v) is 16.0. The van der Waals surface area contributed by atoms with E-state index in [-0.39, 0.29) is 18.1 Å². The van der Waals surface area contributed by atoms with Gasteiger partial charge in [-0.1, -0.05) is 17.7 Å². The first-order valence-electron chi connectivity index (χ1n) is 8.26. The number of imidazole rings is 1. The molecule has 28 heavy (non-hydrogen) atoms. The largest absolute Gasteiger partial charge is 0.364 e. The molecule has 0 radical (unpaired) electrons. The minimum absolute atomic E-state index is 0.241. The van der Waals surface area contributed by atoms with Crippen molar-refractivity contribution < 1.29 is 9.59 Å². The minimum atomic E-state index is -0.613. The second-order valence-corrected chi connectivity index (χ2v) is 7.14. The number of thiophene rings is 1. The molecule has 3 N–H and O–H groups in total. The van der Waals surface area contributed by atoms with Crippen molar-refractivity contribution in [1.29, 1.82) is 0 Å². The molecule has 2 amide bonds. The maximum Gasteiger partial charge on any atom is 0.268 e. The van der Waals surface area contributed by atoms with Gasteiger partial charge in [0, 0.05) is 29.9 Å². The van der Waals surface area contributed by atoms with Gasteiger partial charge in [0.1, 0.15) is 16.5 Å². The van der Waals surface area contributed by atoms with E-state index in [1.807, 2.05) is 16.8 Å². The lowest BCUT2D eigenvalue weighted by Crippen LogP contribution is -2.23. The normalized spacial score (nSPS) is 10.9. The lowest BCUT2D eigenvalue weighted by molar-refractivity contribution is 0.0949. The van der Waals surface area contributed by atoms with Gasteiger partial charge in [-0.15, -0.1) is 0 Å². The summed E-state index contributed by atoms with van der Waals surface area (Å²) in [4.78, 5) is 33.3. The highest BCUT2D eigenvalue weighted by atomic mass is 35.5. The van der Waals surface area contributed by atoms with Crippen LogP contribution in [0.25, 0.3) is 16.9 Å². The Hall–Kier alpha value is -3.23. The molecule has 0 saturated heterocycles. The fraction of sp³-hybridized carbons (Fsp3) is 0.0526. The van der Waals surface area contributed by atoms with Gasteiger partial charge in [0.15, 0.2) is 5.65 Å². The van der Waals surface area contributed by atoms with E-state index >= 15 is 0 Å². The number of carbonyl (C=O) groups excluding carboxylic acids is 2. The average molecular weight is 412 g/mol. The first kappa shape index (κ1) is 18.1. The number of nitrogens with one attached hydrogen (secondary N) is 1. The third kappa shape index (κ3) is 3.35. The van der Waals surface area contributed by atoms with Crippen molar-refractivity contribution in [2.75, 3.05) is 0 Å². The number of nitrogens with zero attached hydrogens (tertiary/aromatic N) is 3. The van der Waals surface area contributed by atoms with Crippen LogP contribution in [0.1, 0.15) is 26.4 Å². The number of aromatic nitrogens is 3. The van der Waals surface area contributed by atoms with Gasteiger partial charge >= 0.3 is 0 Å². The van der Waals surface area contributed by atoms with Crippen LogP contribution in [0.15, 0.2) is 53.5 Å². The fourth-order valence-corrected chi connectivity index (χ4v) is 3.62. The van der Waals surface area contributed by atoms with E-state index in [9.17, 15) is 9.59 Å². The van der Waals surface area contributed by atoms with Crippen molar-refractivity contribution in [3.8, 4) is 11.3 Å². The van der Waals surface area contributed by atoms with Gasteiger partial charge in [-0.25, -0.2) is 9.97 Å². The number of fused-ring (bicyclic) bond motifs is 1. The van der Waals surface area contributed by atoms with E-state index in [0.717, 1.165) is 11.1 Å². The Morgan fingerprint density at radius 3 is 2.79 bits per heavy atom. The second-order valence-electron chi connectivity index (χ2n) is 5.97. The third-order valence-corrected chi connectivity index (χ3v) is 5.07. The zero-order chi connectivity index (χ0) is 19.7. The first-order valence-corrected chi connectivity index (χ1v) is 9.59. The minimum Gasteiger partial charge on any atom is -0.364 e. The van der Waals surface area contributed by atoms with Crippen LogP contribution in [0, 0.1) is 0 Å².